The molecule has 0 atom stereocenters. The van der Waals surface area contributed by atoms with Crippen LogP contribution in [0.15, 0.2) is 29.3 Å². The number of nitrogens with one attached hydrogen (secondary N) is 1. The summed E-state index contributed by atoms with van der Waals surface area (Å²) in [4.78, 5) is 19.7. The Morgan fingerprint density at radius 3 is 2.48 bits per heavy atom. The van der Waals surface area contributed by atoms with Crippen LogP contribution in [0.2, 0.25) is 0 Å². The van der Waals surface area contributed by atoms with Crippen molar-refractivity contribution in [2.24, 2.45) is 4.99 Å². The van der Waals surface area contributed by atoms with E-state index in [0.717, 1.165) is 12.1 Å². The van der Waals surface area contributed by atoms with E-state index < -0.39 is 11.7 Å². The Morgan fingerprint density at radius 1 is 1.22 bits per heavy atom. The summed E-state index contributed by atoms with van der Waals surface area (Å²) in [7, 11) is 0. The normalized spacial score (nSPS) is 15.7. The first-order chi connectivity index (χ1) is 12.8. The predicted octanol–water partition coefficient (Wildman–Crippen LogP) is 2.21. The summed E-state index contributed by atoms with van der Waals surface area (Å²) >= 11 is 0. The van der Waals surface area contributed by atoms with Gasteiger partial charge in [-0.1, -0.05) is 6.07 Å². The van der Waals surface area contributed by atoms with Crippen molar-refractivity contribution in [2.75, 3.05) is 45.9 Å². The molecule has 0 spiro atoms. The first-order valence-corrected chi connectivity index (χ1v) is 8.90. The van der Waals surface area contributed by atoms with Crippen LogP contribution < -0.4 is 10.1 Å². The van der Waals surface area contributed by atoms with Crippen LogP contribution in [0, 0.1) is 0 Å². The zero-order valence-electron chi connectivity index (χ0n) is 15.6. The van der Waals surface area contributed by atoms with E-state index in [1.165, 1.54) is 12.1 Å². The van der Waals surface area contributed by atoms with Crippen LogP contribution in [0.3, 0.4) is 0 Å². The molecular formula is C18H25F3N4O2. The minimum absolute atomic E-state index is 0.0612. The van der Waals surface area contributed by atoms with Gasteiger partial charge < -0.3 is 19.9 Å². The number of alkyl halides is 3. The smallest absolute Gasteiger partial charge is 0.416 e. The number of carbonyl (C=O) groups excluding carboxylic acids is 1. The molecule has 1 saturated heterocycles. The number of halogens is 3. The Kier molecular flexibility index (Phi) is 7.32. The molecule has 1 N–H and O–H groups in total. The second-order valence-electron chi connectivity index (χ2n) is 6.10. The highest BCUT2D eigenvalue weighted by Gasteiger charge is 2.30. The molecule has 1 aromatic rings. The van der Waals surface area contributed by atoms with Gasteiger partial charge in [0.2, 0.25) is 5.91 Å². The largest absolute Gasteiger partial charge is 0.492 e. The summed E-state index contributed by atoms with van der Waals surface area (Å²) in [6.45, 7) is 7.33. The van der Waals surface area contributed by atoms with E-state index in [-0.39, 0.29) is 18.3 Å². The fourth-order valence-corrected chi connectivity index (χ4v) is 2.74. The zero-order chi connectivity index (χ0) is 19.9. The molecule has 1 aliphatic rings. The second-order valence-corrected chi connectivity index (χ2v) is 6.10. The van der Waals surface area contributed by atoms with E-state index in [9.17, 15) is 18.0 Å². The van der Waals surface area contributed by atoms with Crippen molar-refractivity contribution >= 4 is 11.9 Å². The molecular weight excluding hydrogens is 361 g/mol. The SMILES string of the molecule is CCNC(=NCCOc1cccc(C(F)(F)F)c1)N1CCN(C(C)=O)CC1. The molecule has 1 amide bonds. The highest BCUT2D eigenvalue weighted by Crippen LogP contribution is 2.31. The number of piperazine rings is 1. The standard InChI is InChI=1S/C18H25F3N4O2/c1-3-22-17(25-10-8-24(9-11-25)14(2)26)23-7-12-27-16-6-4-5-15(13-16)18(19,20)21/h4-6,13H,3,7-12H2,1-2H3,(H,22,23). The highest BCUT2D eigenvalue weighted by atomic mass is 19.4. The van der Waals surface area contributed by atoms with Gasteiger partial charge >= 0.3 is 6.18 Å². The van der Waals surface area contributed by atoms with Gasteiger partial charge in [0.15, 0.2) is 5.96 Å². The fraction of sp³-hybridized carbons (Fsp3) is 0.556. The van der Waals surface area contributed by atoms with Gasteiger partial charge in [-0.15, -0.1) is 0 Å². The summed E-state index contributed by atoms with van der Waals surface area (Å²) in [6, 6.07) is 4.80. The molecule has 0 unspecified atom stereocenters. The molecule has 150 valence electrons. The maximum Gasteiger partial charge on any atom is 0.416 e. The van der Waals surface area contributed by atoms with Crippen molar-refractivity contribution in [3.05, 3.63) is 29.8 Å². The number of guanidine groups is 1. The van der Waals surface area contributed by atoms with Crippen LogP contribution in [0.1, 0.15) is 19.4 Å². The third kappa shape index (κ3) is 6.33. The van der Waals surface area contributed by atoms with Crippen LogP contribution in [0.5, 0.6) is 5.75 Å². The molecule has 0 bridgehead atoms. The topological polar surface area (TPSA) is 57.2 Å². The Balaban J connectivity index is 1.88. The van der Waals surface area contributed by atoms with Crippen molar-refractivity contribution in [2.45, 2.75) is 20.0 Å². The molecule has 1 heterocycles. The molecule has 1 fully saturated rings. The van der Waals surface area contributed by atoms with E-state index in [1.54, 1.807) is 11.8 Å². The van der Waals surface area contributed by atoms with E-state index in [4.69, 9.17) is 4.74 Å². The van der Waals surface area contributed by atoms with E-state index in [0.29, 0.717) is 45.2 Å². The van der Waals surface area contributed by atoms with Crippen molar-refractivity contribution in [1.29, 1.82) is 0 Å². The van der Waals surface area contributed by atoms with E-state index in [2.05, 4.69) is 15.2 Å². The third-order valence-corrected chi connectivity index (χ3v) is 4.14. The Labute approximate surface area is 157 Å². The van der Waals surface area contributed by atoms with Gasteiger partial charge in [0, 0.05) is 39.6 Å². The molecule has 1 aliphatic heterocycles. The lowest BCUT2D eigenvalue weighted by Gasteiger charge is -2.36. The predicted molar refractivity (Wildman–Crippen MR) is 96.7 cm³/mol. The summed E-state index contributed by atoms with van der Waals surface area (Å²) < 4.78 is 43.5. The number of benzene rings is 1. The Morgan fingerprint density at radius 2 is 1.89 bits per heavy atom. The van der Waals surface area contributed by atoms with Gasteiger partial charge in [-0.25, -0.2) is 4.99 Å². The number of hydrogen-bond acceptors (Lipinski definition) is 3. The van der Waals surface area contributed by atoms with Gasteiger partial charge in [-0.05, 0) is 25.1 Å². The number of ether oxygens (including phenoxy) is 1. The van der Waals surface area contributed by atoms with Crippen LogP contribution in [0.25, 0.3) is 0 Å². The average Bonchev–Trinajstić information content (AvgIpc) is 2.64. The van der Waals surface area contributed by atoms with Crippen molar-refractivity contribution < 1.29 is 22.7 Å². The summed E-state index contributed by atoms with van der Waals surface area (Å²) in [5.41, 5.74) is -0.736. The molecule has 0 aromatic heterocycles. The molecule has 0 saturated carbocycles. The van der Waals surface area contributed by atoms with Crippen molar-refractivity contribution in [3.8, 4) is 5.75 Å². The minimum atomic E-state index is -4.39. The first kappa shape index (κ1) is 20.9. The summed E-state index contributed by atoms with van der Waals surface area (Å²) in [6.07, 6.45) is -4.39. The van der Waals surface area contributed by atoms with Crippen LogP contribution in [0.4, 0.5) is 13.2 Å². The van der Waals surface area contributed by atoms with E-state index >= 15 is 0 Å². The molecule has 0 aliphatic carbocycles. The number of amides is 1. The number of hydrogen-bond donors (Lipinski definition) is 1. The lowest BCUT2D eigenvalue weighted by molar-refractivity contribution is -0.137. The number of nitrogens with zero attached hydrogens (tertiary/aromatic N) is 3. The van der Waals surface area contributed by atoms with Crippen molar-refractivity contribution in [1.82, 2.24) is 15.1 Å². The molecule has 2 rings (SSSR count). The lowest BCUT2D eigenvalue weighted by Crippen LogP contribution is -2.53. The van der Waals surface area contributed by atoms with Gasteiger partial charge in [-0.3, -0.25) is 4.79 Å². The molecule has 27 heavy (non-hydrogen) atoms. The van der Waals surface area contributed by atoms with Crippen molar-refractivity contribution in [3.63, 3.8) is 0 Å². The summed E-state index contributed by atoms with van der Waals surface area (Å²) in [5, 5.41) is 3.19. The van der Waals surface area contributed by atoms with Gasteiger partial charge in [-0.2, -0.15) is 13.2 Å². The molecule has 6 nitrogen and oxygen atoms in total. The number of rotatable bonds is 5. The second kappa shape index (κ2) is 9.48. The van der Waals surface area contributed by atoms with Gasteiger partial charge in [0.1, 0.15) is 12.4 Å². The highest BCUT2D eigenvalue weighted by molar-refractivity contribution is 5.80. The van der Waals surface area contributed by atoms with Gasteiger partial charge in [0.25, 0.3) is 0 Å². The monoisotopic (exact) mass is 386 g/mol. The zero-order valence-corrected chi connectivity index (χ0v) is 15.6. The van der Waals surface area contributed by atoms with E-state index in [1.807, 2.05) is 6.92 Å². The third-order valence-electron chi connectivity index (χ3n) is 4.14. The van der Waals surface area contributed by atoms with Gasteiger partial charge in [0.05, 0.1) is 12.1 Å². The molecule has 0 radical (unpaired) electrons. The molecule has 9 heteroatoms. The number of carbonyl (C=O) groups is 1. The Hall–Kier alpha value is -2.45. The first-order valence-electron chi connectivity index (χ1n) is 8.90. The van der Waals surface area contributed by atoms with Crippen LogP contribution >= 0.6 is 0 Å². The maximum absolute atomic E-state index is 12.7. The van der Waals surface area contributed by atoms with Crippen LogP contribution in [-0.2, 0) is 11.0 Å². The van der Waals surface area contributed by atoms with Crippen LogP contribution in [-0.4, -0.2) is 67.5 Å². The minimum Gasteiger partial charge on any atom is -0.492 e. The Bertz CT molecular complexity index is 656. The average molecular weight is 386 g/mol. The lowest BCUT2D eigenvalue weighted by atomic mass is 10.2. The quantitative estimate of drug-likeness (QED) is 0.479. The maximum atomic E-state index is 12.7. The summed E-state index contributed by atoms with van der Waals surface area (Å²) in [5.74, 6) is 0.944. The fourth-order valence-electron chi connectivity index (χ4n) is 2.74. The number of aliphatic imine (C=N–C) groups is 1. The molecule has 1 aromatic carbocycles.